The Hall–Kier alpha value is -3.98. The lowest BCUT2D eigenvalue weighted by Crippen LogP contribution is -2.21. The van der Waals surface area contributed by atoms with Crippen molar-refractivity contribution in [2.75, 3.05) is 12.1 Å². The third kappa shape index (κ3) is 5.27. The standard InChI is InChI=1S/C30H22FIN2O3/c1-36-27-18-20(17-26(32)29(27)37-19-22-12-8-9-15-25(22)31)16-24-28(21-10-4-2-5-11-21)33-34(30(24)35)23-13-6-3-7-14-23/h2-18H,19H2,1H3/b24-16-. The van der Waals surface area contributed by atoms with E-state index in [1.807, 2.05) is 72.8 Å². The molecule has 5 nitrogen and oxygen atoms in total. The molecule has 0 saturated carbocycles. The molecule has 0 atom stereocenters. The fourth-order valence-electron chi connectivity index (χ4n) is 3.99. The number of halogens is 2. The van der Waals surface area contributed by atoms with Gasteiger partial charge in [0.15, 0.2) is 11.5 Å². The summed E-state index contributed by atoms with van der Waals surface area (Å²) in [6, 6.07) is 29.1. The number of amides is 1. The second-order valence-electron chi connectivity index (χ2n) is 8.24. The van der Waals surface area contributed by atoms with Gasteiger partial charge in [-0.15, -0.1) is 0 Å². The van der Waals surface area contributed by atoms with E-state index in [1.165, 1.54) is 11.1 Å². The molecular formula is C30H22FIN2O3. The maximum Gasteiger partial charge on any atom is 0.281 e. The number of hydrazone groups is 1. The number of methoxy groups -OCH3 is 1. The van der Waals surface area contributed by atoms with E-state index in [0.717, 1.165) is 14.7 Å². The van der Waals surface area contributed by atoms with Gasteiger partial charge >= 0.3 is 0 Å². The molecule has 1 heterocycles. The molecule has 0 aromatic heterocycles. The average Bonchev–Trinajstić information content (AvgIpc) is 3.25. The number of rotatable bonds is 7. The molecule has 184 valence electrons. The Balaban J connectivity index is 1.51. The van der Waals surface area contributed by atoms with E-state index in [0.29, 0.717) is 34.0 Å². The van der Waals surface area contributed by atoms with Crippen molar-refractivity contribution in [3.05, 3.63) is 129 Å². The molecule has 0 N–H and O–H groups in total. The highest BCUT2D eigenvalue weighted by molar-refractivity contribution is 14.1. The van der Waals surface area contributed by atoms with E-state index in [1.54, 1.807) is 31.4 Å². The summed E-state index contributed by atoms with van der Waals surface area (Å²) in [5.41, 5.74) is 3.78. The van der Waals surface area contributed by atoms with Gasteiger partial charge in [-0.25, -0.2) is 4.39 Å². The highest BCUT2D eigenvalue weighted by atomic mass is 127. The van der Waals surface area contributed by atoms with Gasteiger partial charge in [-0.1, -0.05) is 66.7 Å². The molecule has 0 bridgehead atoms. The number of ether oxygens (including phenoxy) is 2. The lowest BCUT2D eigenvalue weighted by atomic mass is 10.00. The average molecular weight is 604 g/mol. The van der Waals surface area contributed by atoms with Gasteiger partial charge < -0.3 is 9.47 Å². The highest BCUT2D eigenvalue weighted by Gasteiger charge is 2.32. The molecule has 0 aliphatic carbocycles. The predicted octanol–water partition coefficient (Wildman–Crippen LogP) is 6.85. The van der Waals surface area contributed by atoms with Crippen molar-refractivity contribution in [2.45, 2.75) is 6.61 Å². The smallest absolute Gasteiger partial charge is 0.281 e. The van der Waals surface area contributed by atoms with Gasteiger partial charge in [-0.05, 0) is 64.6 Å². The first kappa shape index (κ1) is 24.7. The van der Waals surface area contributed by atoms with Gasteiger partial charge in [-0.2, -0.15) is 10.1 Å². The third-order valence-electron chi connectivity index (χ3n) is 5.82. The minimum absolute atomic E-state index is 0.0643. The molecule has 7 heteroatoms. The van der Waals surface area contributed by atoms with Gasteiger partial charge in [0.1, 0.15) is 18.1 Å². The number of hydrogen-bond acceptors (Lipinski definition) is 4. The van der Waals surface area contributed by atoms with Gasteiger partial charge in [0.05, 0.1) is 21.9 Å². The maximum atomic E-state index is 14.1. The van der Waals surface area contributed by atoms with Gasteiger partial charge in [0.2, 0.25) is 0 Å². The van der Waals surface area contributed by atoms with Gasteiger partial charge in [-0.3, -0.25) is 4.79 Å². The Kier molecular flexibility index (Phi) is 7.32. The van der Waals surface area contributed by atoms with Crippen LogP contribution in [0.2, 0.25) is 0 Å². The van der Waals surface area contributed by atoms with Crippen molar-refractivity contribution in [2.24, 2.45) is 5.10 Å². The van der Waals surface area contributed by atoms with Gasteiger partial charge in [0.25, 0.3) is 5.91 Å². The first-order valence-electron chi connectivity index (χ1n) is 11.5. The molecule has 1 aliphatic rings. The minimum Gasteiger partial charge on any atom is -0.493 e. The molecule has 0 fully saturated rings. The van der Waals surface area contributed by atoms with Crippen LogP contribution in [0.1, 0.15) is 16.7 Å². The largest absolute Gasteiger partial charge is 0.493 e. The monoisotopic (exact) mass is 604 g/mol. The Morgan fingerprint density at radius 3 is 2.32 bits per heavy atom. The summed E-state index contributed by atoms with van der Waals surface area (Å²) in [4.78, 5) is 13.5. The molecule has 37 heavy (non-hydrogen) atoms. The molecule has 1 aliphatic heterocycles. The van der Waals surface area contributed by atoms with Gasteiger partial charge in [0, 0.05) is 11.1 Å². The van der Waals surface area contributed by atoms with E-state index in [4.69, 9.17) is 9.47 Å². The molecule has 0 saturated heterocycles. The summed E-state index contributed by atoms with van der Waals surface area (Å²) in [5, 5.41) is 6.10. The van der Waals surface area contributed by atoms with E-state index in [9.17, 15) is 9.18 Å². The number of carbonyl (C=O) groups excluding carboxylic acids is 1. The van der Waals surface area contributed by atoms with Crippen LogP contribution in [-0.2, 0) is 11.4 Å². The van der Waals surface area contributed by atoms with Crippen molar-refractivity contribution in [1.29, 1.82) is 0 Å². The van der Waals surface area contributed by atoms with Crippen LogP contribution in [0.3, 0.4) is 0 Å². The molecule has 0 unspecified atom stereocenters. The van der Waals surface area contributed by atoms with E-state index in [-0.39, 0.29) is 18.3 Å². The number of nitrogens with zero attached hydrogens (tertiary/aromatic N) is 2. The van der Waals surface area contributed by atoms with Crippen molar-refractivity contribution < 1.29 is 18.7 Å². The van der Waals surface area contributed by atoms with E-state index in [2.05, 4.69) is 27.7 Å². The fraction of sp³-hybridized carbons (Fsp3) is 0.0667. The first-order chi connectivity index (χ1) is 18.0. The topological polar surface area (TPSA) is 51.1 Å². The Morgan fingerprint density at radius 2 is 1.62 bits per heavy atom. The Labute approximate surface area is 228 Å². The summed E-state index contributed by atoms with van der Waals surface area (Å²) < 4.78 is 26.4. The Morgan fingerprint density at radius 1 is 0.946 bits per heavy atom. The maximum absolute atomic E-state index is 14.1. The first-order valence-corrected chi connectivity index (χ1v) is 12.6. The number of anilines is 1. The van der Waals surface area contributed by atoms with Crippen LogP contribution >= 0.6 is 22.6 Å². The molecule has 0 radical (unpaired) electrons. The van der Waals surface area contributed by atoms with Crippen LogP contribution in [0.5, 0.6) is 11.5 Å². The van der Waals surface area contributed by atoms with Crippen LogP contribution in [0, 0.1) is 9.39 Å². The van der Waals surface area contributed by atoms with Crippen molar-refractivity contribution in [1.82, 2.24) is 0 Å². The molecule has 4 aromatic rings. The normalized spacial score (nSPS) is 14.1. The van der Waals surface area contributed by atoms with Crippen molar-refractivity contribution in [3.63, 3.8) is 0 Å². The minimum atomic E-state index is -0.326. The van der Waals surface area contributed by atoms with E-state index < -0.39 is 0 Å². The molecule has 4 aromatic carbocycles. The van der Waals surface area contributed by atoms with Crippen molar-refractivity contribution >= 4 is 46.0 Å². The van der Waals surface area contributed by atoms with Crippen LogP contribution in [0.15, 0.2) is 108 Å². The molecular weight excluding hydrogens is 582 g/mol. The summed E-state index contributed by atoms with van der Waals surface area (Å²) in [6.07, 6.45) is 1.81. The number of hydrogen-bond donors (Lipinski definition) is 0. The lowest BCUT2D eigenvalue weighted by molar-refractivity contribution is -0.114. The zero-order chi connectivity index (χ0) is 25.8. The summed E-state index contributed by atoms with van der Waals surface area (Å²) in [5.74, 6) is 0.444. The second kappa shape index (κ2) is 11.0. The molecule has 1 amide bonds. The zero-order valence-electron chi connectivity index (χ0n) is 19.9. The Bertz CT molecular complexity index is 1500. The van der Waals surface area contributed by atoms with E-state index >= 15 is 0 Å². The zero-order valence-corrected chi connectivity index (χ0v) is 22.1. The van der Waals surface area contributed by atoms with Crippen LogP contribution in [0.4, 0.5) is 10.1 Å². The van der Waals surface area contributed by atoms with Crippen molar-refractivity contribution in [3.8, 4) is 11.5 Å². The summed E-state index contributed by atoms with van der Waals surface area (Å²) in [7, 11) is 1.55. The summed E-state index contributed by atoms with van der Waals surface area (Å²) in [6.45, 7) is 0.0643. The lowest BCUT2D eigenvalue weighted by Gasteiger charge is -2.14. The quantitative estimate of drug-likeness (QED) is 0.171. The number of carbonyl (C=O) groups is 1. The second-order valence-corrected chi connectivity index (χ2v) is 9.40. The third-order valence-corrected chi connectivity index (χ3v) is 6.62. The highest BCUT2D eigenvalue weighted by Crippen LogP contribution is 2.36. The van der Waals surface area contributed by atoms with Crippen LogP contribution in [0.25, 0.3) is 6.08 Å². The summed E-state index contributed by atoms with van der Waals surface area (Å²) >= 11 is 2.15. The number of benzene rings is 4. The number of para-hydroxylation sites is 1. The van der Waals surface area contributed by atoms with Crippen LogP contribution in [-0.4, -0.2) is 18.7 Å². The molecule has 5 rings (SSSR count). The SMILES string of the molecule is COc1cc(/C=C2\C(=O)N(c3ccccc3)N=C2c2ccccc2)cc(I)c1OCc1ccccc1F. The van der Waals surface area contributed by atoms with Crippen LogP contribution < -0.4 is 14.5 Å². The fourth-order valence-corrected chi connectivity index (χ4v) is 4.77. The predicted molar refractivity (Wildman–Crippen MR) is 151 cm³/mol. The molecule has 0 spiro atoms.